The van der Waals surface area contributed by atoms with E-state index in [1.165, 1.54) is 0 Å². The van der Waals surface area contributed by atoms with Crippen molar-refractivity contribution in [1.82, 2.24) is 10.3 Å². The molecule has 3 heteroatoms. The van der Waals surface area contributed by atoms with Crippen LogP contribution in [-0.4, -0.2) is 11.0 Å². The fraction of sp³-hybridized carbons (Fsp3) is 0.200. The highest BCUT2D eigenvalue weighted by Gasteiger charge is 2.07. The summed E-state index contributed by atoms with van der Waals surface area (Å²) in [4.78, 5) is 4.22. The molecule has 1 aromatic carbocycles. The lowest BCUT2D eigenvalue weighted by Gasteiger charge is -2.11. The Morgan fingerprint density at radius 1 is 1.11 bits per heavy atom. The molecule has 1 atom stereocenters. The summed E-state index contributed by atoms with van der Waals surface area (Å²) in [5.41, 5.74) is 2.11. The van der Waals surface area contributed by atoms with Gasteiger partial charge in [-0.2, -0.15) is 5.26 Å². The van der Waals surface area contributed by atoms with Gasteiger partial charge in [-0.25, -0.2) is 0 Å². The van der Waals surface area contributed by atoms with Gasteiger partial charge in [0.2, 0.25) is 0 Å². The van der Waals surface area contributed by atoms with E-state index in [1.54, 1.807) is 6.20 Å². The molecule has 2 rings (SSSR count). The smallest absolute Gasteiger partial charge is 0.0996 e. The van der Waals surface area contributed by atoms with E-state index in [2.05, 4.69) is 16.4 Å². The van der Waals surface area contributed by atoms with Crippen molar-refractivity contribution in [1.29, 1.82) is 5.26 Å². The summed E-state index contributed by atoms with van der Waals surface area (Å²) in [6, 6.07) is 17.9. The minimum atomic E-state index is -0.186. The molecule has 3 nitrogen and oxygen atoms in total. The van der Waals surface area contributed by atoms with Crippen LogP contribution in [0.5, 0.6) is 0 Å². The zero-order valence-electron chi connectivity index (χ0n) is 10.1. The highest BCUT2D eigenvalue weighted by molar-refractivity contribution is 5.18. The lowest BCUT2D eigenvalue weighted by Crippen LogP contribution is -2.29. The van der Waals surface area contributed by atoms with Gasteiger partial charge < -0.3 is 0 Å². The van der Waals surface area contributed by atoms with E-state index in [-0.39, 0.29) is 6.04 Å². The molecule has 90 valence electrons. The number of rotatable bonds is 5. The number of pyridine rings is 1. The topological polar surface area (TPSA) is 48.7 Å². The third-order valence-corrected chi connectivity index (χ3v) is 2.69. The summed E-state index contributed by atoms with van der Waals surface area (Å²) in [5.74, 6) is 0. The number of hydrogen-bond donors (Lipinski definition) is 1. The standard InChI is InChI=1S/C15H15N3/c16-11-15(10-13-6-2-1-3-7-13)18-12-14-8-4-5-9-17-14/h1-9,15,18H,10,12H2. The third-order valence-electron chi connectivity index (χ3n) is 2.69. The Morgan fingerprint density at radius 2 is 1.89 bits per heavy atom. The van der Waals surface area contributed by atoms with Crippen LogP contribution in [0.1, 0.15) is 11.3 Å². The van der Waals surface area contributed by atoms with E-state index in [0.29, 0.717) is 13.0 Å². The molecular formula is C15H15N3. The molecule has 1 N–H and O–H groups in total. The van der Waals surface area contributed by atoms with Crippen LogP contribution in [-0.2, 0) is 13.0 Å². The number of nitrogens with zero attached hydrogens (tertiary/aromatic N) is 2. The SMILES string of the molecule is N#CC(Cc1ccccc1)NCc1ccccn1. The van der Waals surface area contributed by atoms with Gasteiger partial charge in [0, 0.05) is 19.2 Å². The van der Waals surface area contributed by atoms with Crippen molar-refractivity contribution in [3.8, 4) is 6.07 Å². The molecule has 18 heavy (non-hydrogen) atoms. The summed E-state index contributed by atoms with van der Waals surface area (Å²) in [6.45, 7) is 0.617. The van der Waals surface area contributed by atoms with E-state index in [4.69, 9.17) is 5.26 Å². The van der Waals surface area contributed by atoms with E-state index in [0.717, 1.165) is 11.3 Å². The maximum Gasteiger partial charge on any atom is 0.0996 e. The second-order valence-corrected chi connectivity index (χ2v) is 4.07. The fourth-order valence-electron chi connectivity index (χ4n) is 1.74. The van der Waals surface area contributed by atoms with Crippen molar-refractivity contribution < 1.29 is 0 Å². The van der Waals surface area contributed by atoms with Gasteiger partial charge in [0.05, 0.1) is 17.8 Å². The van der Waals surface area contributed by atoms with Crippen LogP contribution in [0.4, 0.5) is 0 Å². The van der Waals surface area contributed by atoms with Crippen LogP contribution in [0.2, 0.25) is 0 Å². The fourth-order valence-corrected chi connectivity index (χ4v) is 1.74. The first-order valence-corrected chi connectivity index (χ1v) is 5.95. The highest BCUT2D eigenvalue weighted by atomic mass is 14.9. The average molecular weight is 237 g/mol. The maximum absolute atomic E-state index is 9.13. The van der Waals surface area contributed by atoms with Crippen molar-refractivity contribution in [2.24, 2.45) is 0 Å². The first-order valence-electron chi connectivity index (χ1n) is 5.95. The number of nitriles is 1. The van der Waals surface area contributed by atoms with Crippen LogP contribution in [0.25, 0.3) is 0 Å². The van der Waals surface area contributed by atoms with Crippen LogP contribution >= 0.6 is 0 Å². The van der Waals surface area contributed by atoms with Crippen LogP contribution in [0.3, 0.4) is 0 Å². The predicted octanol–water partition coefficient (Wildman–Crippen LogP) is 2.31. The molecule has 0 saturated heterocycles. The Kier molecular flexibility index (Phi) is 4.46. The van der Waals surface area contributed by atoms with Crippen molar-refractivity contribution >= 4 is 0 Å². The first kappa shape index (κ1) is 12.3. The van der Waals surface area contributed by atoms with Gasteiger partial charge in [-0.05, 0) is 17.7 Å². The molecule has 0 aliphatic carbocycles. The van der Waals surface area contributed by atoms with Gasteiger partial charge in [0.15, 0.2) is 0 Å². The van der Waals surface area contributed by atoms with Crippen LogP contribution in [0.15, 0.2) is 54.7 Å². The van der Waals surface area contributed by atoms with Gasteiger partial charge in [0.1, 0.15) is 0 Å². The Hall–Kier alpha value is -2.18. The average Bonchev–Trinajstić information content (AvgIpc) is 2.45. The normalized spacial score (nSPS) is 11.7. The summed E-state index contributed by atoms with van der Waals surface area (Å²) in [5, 5.41) is 12.3. The molecule has 0 spiro atoms. The maximum atomic E-state index is 9.13. The van der Waals surface area contributed by atoms with Crippen LogP contribution < -0.4 is 5.32 Å². The number of benzene rings is 1. The molecule has 0 fully saturated rings. The van der Waals surface area contributed by atoms with Gasteiger partial charge >= 0.3 is 0 Å². The summed E-state index contributed by atoms with van der Waals surface area (Å²) < 4.78 is 0. The molecule has 1 heterocycles. The first-order chi connectivity index (χ1) is 8.88. The zero-order valence-corrected chi connectivity index (χ0v) is 10.1. The minimum Gasteiger partial charge on any atom is -0.296 e. The van der Waals surface area contributed by atoms with E-state index < -0.39 is 0 Å². The van der Waals surface area contributed by atoms with Gasteiger partial charge in [-0.15, -0.1) is 0 Å². The lowest BCUT2D eigenvalue weighted by molar-refractivity contribution is 0.591. The summed E-state index contributed by atoms with van der Waals surface area (Å²) in [6.07, 6.45) is 2.47. The molecule has 0 amide bonds. The van der Waals surface area contributed by atoms with Gasteiger partial charge in [0.25, 0.3) is 0 Å². The molecular weight excluding hydrogens is 222 g/mol. The molecule has 0 bridgehead atoms. The second kappa shape index (κ2) is 6.53. The molecule has 1 aromatic heterocycles. The summed E-state index contributed by atoms with van der Waals surface area (Å²) >= 11 is 0. The Morgan fingerprint density at radius 3 is 2.56 bits per heavy atom. The molecule has 0 aliphatic heterocycles. The summed E-state index contributed by atoms with van der Waals surface area (Å²) in [7, 11) is 0. The van der Waals surface area contributed by atoms with E-state index >= 15 is 0 Å². The lowest BCUT2D eigenvalue weighted by atomic mass is 10.1. The number of aromatic nitrogens is 1. The van der Waals surface area contributed by atoms with Gasteiger partial charge in [-0.3, -0.25) is 10.3 Å². The van der Waals surface area contributed by atoms with Crippen molar-refractivity contribution in [2.45, 2.75) is 19.0 Å². The quantitative estimate of drug-likeness (QED) is 0.868. The largest absolute Gasteiger partial charge is 0.296 e. The Balaban J connectivity index is 1.89. The second-order valence-electron chi connectivity index (χ2n) is 4.07. The highest BCUT2D eigenvalue weighted by Crippen LogP contribution is 2.03. The number of hydrogen-bond acceptors (Lipinski definition) is 3. The third kappa shape index (κ3) is 3.69. The molecule has 1 unspecified atom stereocenters. The van der Waals surface area contributed by atoms with Crippen molar-refractivity contribution in [3.05, 3.63) is 66.0 Å². The molecule has 0 saturated carbocycles. The van der Waals surface area contributed by atoms with Crippen molar-refractivity contribution in [3.63, 3.8) is 0 Å². The van der Waals surface area contributed by atoms with Gasteiger partial charge in [-0.1, -0.05) is 36.4 Å². The number of nitrogens with one attached hydrogen (secondary N) is 1. The van der Waals surface area contributed by atoms with Crippen molar-refractivity contribution in [2.75, 3.05) is 0 Å². The van der Waals surface area contributed by atoms with E-state index in [9.17, 15) is 0 Å². The minimum absolute atomic E-state index is 0.186. The molecule has 2 aromatic rings. The Labute approximate surface area is 107 Å². The molecule has 0 radical (unpaired) electrons. The van der Waals surface area contributed by atoms with Crippen LogP contribution in [0, 0.1) is 11.3 Å². The zero-order chi connectivity index (χ0) is 12.6. The van der Waals surface area contributed by atoms with E-state index in [1.807, 2.05) is 48.5 Å². The predicted molar refractivity (Wildman–Crippen MR) is 70.6 cm³/mol. The molecule has 0 aliphatic rings. The Bertz CT molecular complexity index is 502. The monoisotopic (exact) mass is 237 g/mol.